The zero-order valence-electron chi connectivity index (χ0n) is 14.9. The Kier molecular flexibility index (Phi) is 5.23. The minimum absolute atomic E-state index is 0.0588. The number of thiophene rings is 1. The van der Waals surface area contributed by atoms with Crippen LogP contribution in [0.3, 0.4) is 0 Å². The molecule has 1 atom stereocenters. The number of ether oxygens (including phenoxy) is 2. The molecule has 3 nitrogen and oxygen atoms in total. The summed E-state index contributed by atoms with van der Waals surface area (Å²) >= 11 is 1.92. The van der Waals surface area contributed by atoms with Crippen LogP contribution in [0.15, 0.2) is 42.5 Å². The van der Waals surface area contributed by atoms with E-state index in [9.17, 15) is 0 Å². The van der Waals surface area contributed by atoms with Crippen molar-refractivity contribution >= 4 is 11.3 Å². The summed E-state index contributed by atoms with van der Waals surface area (Å²) in [6, 6.07) is 14.9. The van der Waals surface area contributed by atoms with Crippen LogP contribution in [-0.2, 0) is 22.6 Å². The SMILES string of the molecule is Cc1ccc(CN2CCC3(CC2)C[C@H](OCc2ccccc2)CO3)s1. The normalized spacial score (nSPS) is 23.3. The van der Waals surface area contributed by atoms with Gasteiger partial charge in [-0.2, -0.15) is 0 Å². The largest absolute Gasteiger partial charge is 0.372 e. The summed E-state index contributed by atoms with van der Waals surface area (Å²) in [5.74, 6) is 0. The van der Waals surface area contributed by atoms with E-state index in [-0.39, 0.29) is 11.7 Å². The minimum atomic E-state index is 0.0588. The van der Waals surface area contributed by atoms with Gasteiger partial charge in [0.2, 0.25) is 0 Å². The quantitative estimate of drug-likeness (QED) is 0.792. The van der Waals surface area contributed by atoms with Crippen molar-refractivity contribution in [3.8, 4) is 0 Å². The molecule has 0 unspecified atom stereocenters. The van der Waals surface area contributed by atoms with Gasteiger partial charge < -0.3 is 9.47 Å². The van der Waals surface area contributed by atoms with Crippen molar-refractivity contribution in [3.63, 3.8) is 0 Å². The number of hydrogen-bond acceptors (Lipinski definition) is 4. The third-order valence-corrected chi connectivity index (χ3v) is 6.43. The molecular weight excluding hydrogens is 330 g/mol. The second-order valence-corrected chi connectivity index (χ2v) is 8.78. The Morgan fingerprint density at radius 2 is 1.96 bits per heavy atom. The van der Waals surface area contributed by atoms with Crippen LogP contribution >= 0.6 is 11.3 Å². The summed E-state index contributed by atoms with van der Waals surface area (Å²) in [6.07, 6.45) is 3.54. The third-order valence-electron chi connectivity index (χ3n) is 5.45. The van der Waals surface area contributed by atoms with Crippen LogP contribution in [-0.4, -0.2) is 36.3 Å². The maximum absolute atomic E-state index is 6.24. The number of piperidine rings is 1. The molecule has 0 aliphatic carbocycles. The lowest BCUT2D eigenvalue weighted by Crippen LogP contribution is -2.43. The fourth-order valence-electron chi connectivity index (χ4n) is 3.96. The molecule has 4 heteroatoms. The molecule has 0 bridgehead atoms. The van der Waals surface area contributed by atoms with Crippen LogP contribution in [0.2, 0.25) is 0 Å². The van der Waals surface area contributed by atoms with Crippen LogP contribution in [0.1, 0.15) is 34.6 Å². The summed E-state index contributed by atoms with van der Waals surface area (Å²) in [6.45, 7) is 6.96. The Balaban J connectivity index is 1.24. The smallest absolute Gasteiger partial charge is 0.0840 e. The fraction of sp³-hybridized carbons (Fsp3) is 0.524. The molecule has 2 fully saturated rings. The molecule has 3 heterocycles. The molecule has 2 aliphatic rings. The molecule has 4 rings (SSSR count). The maximum atomic E-state index is 6.24. The van der Waals surface area contributed by atoms with Gasteiger partial charge in [0.1, 0.15) is 0 Å². The lowest BCUT2D eigenvalue weighted by Gasteiger charge is -2.38. The highest BCUT2D eigenvalue weighted by Crippen LogP contribution is 2.37. The number of aryl methyl sites for hydroxylation is 1. The summed E-state index contributed by atoms with van der Waals surface area (Å²) in [4.78, 5) is 5.45. The van der Waals surface area contributed by atoms with E-state index >= 15 is 0 Å². The van der Waals surface area contributed by atoms with Crippen molar-refractivity contribution in [2.75, 3.05) is 19.7 Å². The summed E-state index contributed by atoms with van der Waals surface area (Å²) < 4.78 is 12.3. The first-order valence-corrected chi connectivity index (χ1v) is 10.1. The van der Waals surface area contributed by atoms with E-state index in [1.165, 1.54) is 15.3 Å². The minimum Gasteiger partial charge on any atom is -0.372 e. The van der Waals surface area contributed by atoms with Crippen LogP contribution < -0.4 is 0 Å². The van der Waals surface area contributed by atoms with Gasteiger partial charge in [-0.25, -0.2) is 0 Å². The van der Waals surface area contributed by atoms with Gasteiger partial charge in [0.15, 0.2) is 0 Å². The zero-order chi connectivity index (χ0) is 17.1. The number of likely N-dealkylation sites (tertiary alicyclic amines) is 1. The summed E-state index contributed by atoms with van der Waals surface area (Å²) in [5, 5.41) is 0. The predicted molar refractivity (Wildman–Crippen MR) is 102 cm³/mol. The topological polar surface area (TPSA) is 21.7 Å². The Morgan fingerprint density at radius 3 is 2.68 bits per heavy atom. The number of hydrogen-bond donors (Lipinski definition) is 0. The lowest BCUT2D eigenvalue weighted by molar-refractivity contribution is -0.0467. The first-order chi connectivity index (χ1) is 12.2. The molecule has 134 valence electrons. The van der Waals surface area contributed by atoms with Gasteiger partial charge in [-0.05, 0) is 37.5 Å². The molecule has 0 radical (unpaired) electrons. The van der Waals surface area contributed by atoms with Gasteiger partial charge in [0.05, 0.1) is 24.9 Å². The Morgan fingerprint density at radius 1 is 1.16 bits per heavy atom. The van der Waals surface area contributed by atoms with Crippen molar-refractivity contribution in [2.45, 2.75) is 51.0 Å². The molecule has 2 aliphatic heterocycles. The monoisotopic (exact) mass is 357 g/mol. The molecule has 25 heavy (non-hydrogen) atoms. The van der Waals surface area contributed by atoms with E-state index in [0.717, 1.165) is 45.5 Å². The van der Waals surface area contributed by atoms with E-state index in [1.54, 1.807) is 0 Å². The summed E-state index contributed by atoms with van der Waals surface area (Å²) in [5.41, 5.74) is 1.30. The molecule has 1 aromatic heterocycles. The molecule has 1 aromatic carbocycles. The average molecular weight is 358 g/mol. The molecule has 0 amide bonds. The summed E-state index contributed by atoms with van der Waals surface area (Å²) in [7, 11) is 0. The van der Waals surface area contributed by atoms with Crippen molar-refractivity contribution in [3.05, 3.63) is 57.8 Å². The van der Waals surface area contributed by atoms with Crippen LogP contribution in [0, 0.1) is 6.92 Å². The van der Waals surface area contributed by atoms with Gasteiger partial charge in [0, 0.05) is 35.8 Å². The van der Waals surface area contributed by atoms with Crippen LogP contribution in [0.25, 0.3) is 0 Å². The molecule has 0 saturated carbocycles. The first kappa shape index (κ1) is 17.2. The van der Waals surface area contributed by atoms with E-state index < -0.39 is 0 Å². The Bertz CT molecular complexity index is 676. The Hall–Kier alpha value is -1.20. The highest BCUT2D eigenvalue weighted by Gasteiger charge is 2.43. The molecule has 0 N–H and O–H groups in total. The van der Waals surface area contributed by atoms with Crippen molar-refractivity contribution in [1.82, 2.24) is 4.90 Å². The first-order valence-electron chi connectivity index (χ1n) is 9.28. The second-order valence-electron chi connectivity index (χ2n) is 7.41. The predicted octanol–water partition coefficient (Wildman–Crippen LogP) is 4.40. The van der Waals surface area contributed by atoms with Gasteiger partial charge in [-0.1, -0.05) is 30.3 Å². The second kappa shape index (κ2) is 7.58. The van der Waals surface area contributed by atoms with Gasteiger partial charge in [-0.15, -0.1) is 11.3 Å². The van der Waals surface area contributed by atoms with E-state index in [4.69, 9.17) is 9.47 Å². The third kappa shape index (κ3) is 4.32. The van der Waals surface area contributed by atoms with Crippen LogP contribution in [0.4, 0.5) is 0 Å². The van der Waals surface area contributed by atoms with Gasteiger partial charge in [0.25, 0.3) is 0 Å². The van der Waals surface area contributed by atoms with Gasteiger partial charge >= 0.3 is 0 Å². The van der Waals surface area contributed by atoms with Gasteiger partial charge in [-0.3, -0.25) is 4.90 Å². The van der Waals surface area contributed by atoms with E-state index in [2.05, 4.69) is 48.2 Å². The molecule has 1 spiro atoms. The zero-order valence-corrected chi connectivity index (χ0v) is 15.8. The maximum Gasteiger partial charge on any atom is 0.0840 e. The fourth-order valence-corrected chi connectivity index (χ4v) is 4.89. The van der Waals surface area contributed by atoms with E-state index in [1.807, 2.05) is 17.4 Å². The van der Waals surface area contributed by atoms with Crippen LogP contribution in [0.5, 0.6) is 0 Å². The van der Waals surface area contributed by atoms with Crippen molar-refractivity contribution in [2.24, 2.45) is 0 Å². The lowest BCUT2D eigenvalue weighted by atomic mass is 9.88. The molecular formula is C21H27NO2S. The molecule has 2 saturated heterocycles. The highest BCUT2D eigenvalue weighted by molar-refractivity contribution is 7.11. The van der Waals surface area contributed by atoms with Crippen molar-refractivity contribution in [1.29, 1.82) is 0 Å². The standard InChI is InChI=1S/C21H27NO2S/c1-17-7-8-20(25-17)14-22-11-9-21(10-12-22)13-19(16-24-21)23-15-18-5-3-2-4-6-18/h2-8,19H,9-16H2,1H3/t19-/m0/s1. The number of nitrogens with zero attached hydrogens (tertiary/aromatic N) is 1. The number of rotatable bonds is 5. The Labute approximate surface area is 154 Å². The highest BCUT2D eigenvalue weighted by atomic mass is 32.1. The molecule has 2 aromatic rings. The average Bonchev–Trinajstić information content (AvgIpc) is 3.23. The number of benzene rings is 1. The van der Waals surface area contributed by atoms with Crippen molar-refractivity contribution < 1.29 is 9.47 Å². The van der Waals surface area contributed by atoms with E-state index in [0.29, 0.717) is 6.61 Å².